The van der Waals surface area contributed by atoms with Crippen molar-refractivity contribution in [2.24, 2.45) is 16.6 Å². The molecular weight excluding hydrogens is 288 g/mol. The van der Waals surface area contributed by atoms with Crippen LogP contribution >= 0.6 is 0 Å². The van der Waals surface area contributed by atoms with Gasteiger partial charge >= 0.3 is 0 Å². The summed E-state index contributed by atoms with van der Waals surface area (Å²) in [5.41, 5.74) is 10.0. The number of rotatable bonds is 5. The SMILES string of the molecule is CC(CN=C(N)Nc1ccc2c(c1)CCC2)CN1CCOCC1. The Hall–Kier alpha value is -1.59. The summed E-state index contributed by atoms with van der Waals surface area (Å²) < 4.78 is 5.38. The molecule has 1 aromatic carbocycles. The van der Waals surface area contributed by atoms with Crippen molar-refractivity contribution in [1.29, 1.82) is 0 Å². The van der Waals surface area contributed by atoms with E-state index in [0.29, 0.717) is 11.9 Å². The van der Waals surface area contributed by atoms with Gasteiger partial charge in [0.2, 0.25) is 0 Å². The molecule has 1 heterocycles. The second-order valence-electron chi connectivity index (χ2n) is 6.71. The number of guanidine groups is 1. The zero-order valence-corrected chi connectivity index (χ0v) is 14.1. The van der Waals surface area contributed by atoms with Crippen LogP contribution in [0.1, 0.15) is 24.5 Å². The fourth-order valence-electron chi connectivity index (χ4n) is 3.37. The van der Waals surface area contributed by atoms with Crippen LogP contribution in [0, 0.1) is 5.92 Å². The van der Waals surface area contributed by atoms with Crippen LogP contribution in [0.25, 0.3) is 0 Å². The summed E-state index contributed by atoms with van der Waals surface area (Å²) in [5, 5.41) is 3.22. The average Bonchev–Trinajstić information content (AvgIpc) is 3.01. The lowest BCUT2D eigenvalue weighted by Crippen LogP contribution is -2.39. The van der Waals surface area contributed by atoms with Gasteiger partial charge in [-0.15, -0.1) is 0 Å². The van der Waals surface area contributed by atoms with E-state index in [9.17, 15) is 0 Å². The summed E-state index contributed by atoms with van der Waals surface area (Å²) in [4.78, 5) is 6.94. The standard InChI is InChI=1S/C18H28N4O/c1-14(13-22-7-9-23-10-8-22)12-20-18(19)21-17-6-5-15-3-2-4-16(15)11-17/h5-6,11,14H,2-4,7-10,12-13H2,1H3,(H3,19,20,21). The second kappa shape index (κ2) is 7.79. The van der Waals surface area contributed by atoms with E-state index in [1.807, 2.05) is 0 Å². The van der Waals surface area contributed by atoms with E-state index in [-0.39, 0.29) is 0 Å². The van der Waals surface area contributed by atoms with Gasteiger partial charge in [0.15, 0.2) is 5.96 Å². The molecule has 5 nitrogen and oxygen atoms in total. The van der Waals surface area contributed by atoms with E-state index in [1.165, 1.54) is 30.4 Å². The molecule has 0 radical (unpaired) electrons. The van der Waals surface area contributed by atoms with Crippen LogP contribution < -0.4 is 11.1 Å². The van der Waals surface area contributed by atoms with Crippen molar-refractivity contribution in [3.05, 3.63) is 29.3 Å². The molecule has 1 fully saturated rings. The van der Waals surface area contributed by atoms with Gasteiger partial charge in [-0.05, 0) is 48.4 Å². The van der Waals surface area contributed by atoms with Crippen LogP contribution in [0.15, 0.2) is 23.2 Å². The van der Waals surface area contributed by atoms with Crippen LogP contribution in [0.3, 0.4) is 0 Å². The fourth-order valence-corrected chi connectivity index (χ4v) is 3.37. The van der Waals surface area contributed by atoms with Crippen molar-refractivity contribution >= 4 is 11.6 Å². The molecule has 1 aliphatic carbocycles. The second-order valence-corrected chi connectivity index (χ2v) is 6.71. The highest BCUT2D eigenvalue weighted by Gasteiger charge is 2.14. The summed E-state index contributed by atoms with van der Waals surface area (Å²) in [6.07, 6.45) is 3.65. The Balaban J connectivity index is 1.47. The van der Waals surface area contributed by atoms with Crippen LogP contribution in [-0.4, -0.2) is 50.3 Å². The zero-order chi connectivity index (χ0) is 16.1. The number of aliphatic imine (C=N–C) groups is 1. The molecule has 2 aliphatic rings. The molecule has 1 unspecified atom stereocenters. The van der Waals surface area contributed by atoms with Crippen molar-refractivity contribution in [3.8, 4) is 0 Å². The predicted octanol–water partition coefficient (Wildman–Crippen LogP) is 1.87. The first kappa shape index (κ1) is 16.3. The van der Waals surface area contributed by atoms with Crippen molar-refractivity contribution in [1.82, 2.24) is 4.90 Å². The molecular formula is C18H28N4O. The molecule has 1 aromatic rings. The molecule has 0 aromatic heterocycles. The highest BCUT2D eigenvalue weighted by atomic mass is 16.5. The molecule has 1 saturated heterocycles. The summed E-state index contributed by atoms with van der Waals surface area (Å²) in [5.74, 6) is 1.00. The number of hydrogen-bond acceptors (Lipinski definition) is 3. The van der Waals surface area contributed by atoms with E-state index in [2.05, 4.69) is 40.3 Å². The summed E-state index contributed by atoms with van der Waals surface area (Å²) in [6.45, 7) is 7.77. The van der Waals surface area contributed by atoms with E-state index < -0.39 is 0 Å². The highest BCUT2D eigenvalue weighted by molar-refractivity contribution is 5.92. The lowest BCUT2D eigenvalue weighted by Gasteiger charge is -2.28. The lowest BCUT2D eigenvalue weighted by atomic mass is 10.1. The maximum Gasteiger partial charge on any atom is 0.193 e. The number of fused-ring (bicyclic) bond motifs is 1. The number of aryl methyl sites for hydroxylation is 2. The quantitative estimate of drug-likeness (QED) is 0.643. The molecule has 3 rings (SSSR count). The first-order valence-electron chi connectivity index (χ1n) is 8.69. The fraction of sp³-hybridized carbons (Fsp3) is 0.611. The van der Waals surface area contributed by atoms with Gasteiger partial charge < -0.3 is 15.8 Å². The van der Waals surface area contributed by atoms with Gasteiger partial charge in [-0.25, -0.2) is 0 Å². The molecule has 126 valence electrons. The van der Waals surface area contributed by atoms with Gasteiger partial charge in [0.25, 0.3) is 0 Å². The average molecular weight is 316 g/mol. The molecule has 1 atom stereocenters. The molecule has 3 N–H and O–H groups in total. The van der Waals surface area contributed by atoms with Gasteiger partial charge in [-0.2, -0.15) is 0 Å². The predicted molar refractivity (Wildman–Crippen MR) is 95.0 cm³/mol. The summed E-state index contributed by atoms with van der Waals surface area (Å²) >= 11 is 0. The third-order valence-corrected chi connectivity index (χ3v) is 4.62. The maximum absolute atomic E-state index is 6.04. The van der Waals surface area contributed by atoms with Crippen molar-refractivity contribution in [2.45, 2.75) is 26.2 Å². The van der Waals surface area contributed by atoms with Crippen LogP contribution in [0.4, 0.5) is 5.69 Å². The zero-order valence-electron chi connectivity index (χ0n) is 14.1. The van der Waals surface area contributed by atoms with Gasteiger partial charge in [0.05, 0.1) is 13.2 Å². The highest BCUT2D eigenvalue weighted by Crippen LogP contribution is 2.24. The molecule has 5 heteroatoms. The minimum atomic E-state index is 0.494. The molecule has 0 spiro atoms. The Labute approximate surface area is 138 Å². The van der Waals surface area contributed by atoms with Gasteiger partial charge in [-0.1, -0.05) is 13.0 Å². The van der Waals surface area contributed by atoms with Gasteiger partial charge in [0.1, 0.15) is 0 Å². The van der Waals surface area contributed by atoms with Crippen LogP contribution in [0.5, 0.6) is 0 Å². The third kappa shape index (κ3) is 4.69. The maximum atomic E-state index is 6.04. The smallest absolute Gasteiger partial charge is 0.193 e. The number of ether oxygens (including phenoxy) is 1. The largest absolute Gasteiger partial charge is 0.379 e. The van der Waals surface area contributed by atoms with Gasteiger partial charge in [-0.3, -0.25) is 9.89 Å². The Morgan fingerprint density at radius 1 is 1.30 bits per heavy atom. The molecule has 0 bridgehead atoms. The minimum absolute atomic E-state index is 0.494. The summed E-state index contributed by atoms with van der Waals surface area (Å²) in [6, 6.07) is 6.52. The number of anilines is 1. The molecule has 23 heavy (non-hydrogen) atoms. The number of morpholine rings is 1. The Kier molecular flexibility index (Phi) is 5.51. The van der Waals surface area contributed by atoms with Crippen molar-refractivity contribution < 1.29 is 4.74 Å². The number of nitrogens with two attached hydrogens (primary N) is 1. The van der Waals surface area contributed by atoms with Gasteiger partial charge in [0, 0.05) is 31.9 Å². The first-order valence-corrected chi connectivity index (χ1v) is 8.69. The minimum Gasteiger partial charge on any atom is -0.379 e. The monoisotopic (exact) mass is 316 g/mol. The number of hydrogen-bond donors (Lipinski definition) is 2. The van der Waals surface area contributed by atoms with E-state index >= 15 is 0 Å². The van der Waals surface area contributed by atoms with E-state index in [4.69, 9.17) is 10.5 Å². The molecule has 0 amide bonds. The van der Waals surface area contributed by atoms with Crippen LogP contribution in [-0.2, 0) is 17.6 Å². The lowest BCUT2D eigenvalue weighted by molar-refractivity contribution is 0.0323. The van der Waals surface area contributed by atoms with Crippen LogP contribution in [0.2, 0.25) is 0 Å². The normalized spacial score (nSPS) is 20.3. The number of nitrogens with zero attached hydrogens (tertiary/aromatic N) is 2. The first-order chi connectivity index (χ1) is 11.2. The Morgan fingerprint density at radius 3 is 2.91 bits per heavy atom. The Morgan fingerprint density at radius 2 is 2.09 bits per heavy atom. The number of benzene rings is 1. The molecule has 1 aliphatic heterocycles. The van der Waals surface area contributed by atoms with E-state index in [0.717, 1.165) is 45.1 Å². The topological polar surface area (TPSA) is 62.9 Å². The Bertz CT molecular complexity index is 552. The number of nitrogens with one attached hydrogen (secondary N) is 1. The third-order valence-electron chi connectivity index (χ3n) is 4.62. The van der Waals surface area contributed by atoms with Crippen molar-refractivity contribution in [3.63, 3.8) is 0 Å². The van der Waals surface area contributed by atoms with Crippen molar-refractivity contribution in [2.75, 3.05) is 44.7 Å². The summed E-state index contributed by atoms with van der Waals surface area (Å²) in [7, 11) is 0. The molecule has 0 saturated carbocycles. The van der Waals surface area contributed by atoms with E-state index in [1.54, 1.807) is 0 Å².